The van der Waals surface area contributed by atoms with Crippen LogP contribution in [0.2, 0.25) is 0 Å². The van der Waals surface area contributed by atoms with Crippen LogP contribution in [-0.2, 0) is 0 Å². The van der Waals surface area contributed by atoms with Gasteiger partial charge >= 0.3 is 0 Å². The van der Waals surface area contributed by atoms with Gasteiger partial charge in [-0.25, -0.2) is 0 Å². The van der Waals surface area contributed by atoms with Crippen molar-refractivity contribution in [1.29, 1.82) is 0 Å². The van der Waals surface area contributed by atoms with Crippen LogP contribution in [0.15, 0.2) is 54.6 Å². The Morgan fingerprint density at radius 1 is 0.667 bits per heavy atom. The summed E-state index contributed by atoms with van der Waals surface area (Å²) in [5, 5.41) is 3.90. The van der Waals surface area contributed by atoms with Crippen LogP contribution >= 0.6 is 0 Å². The summed E-state index contributed by atoms with van der Waals surface area (Å²) in [6.45, 7) is 16.2. The third-order valence-corrected chi connectivity index (χ3v) is 6.73. The molecule has 0 bridgehead atoms. The molecule has 1 heterocycles. The predicted octanol–water partition coefficient (Wildman–Crippen LogP) is 6.48. The van der Waals surface area contributed by atoms with Gasteiger partial charge in [0.25, 0.3) is 0 Å². The van der Waals surface area contributed by atoms with E-state index in [1.165, 1.54) is 22.3 Å². The molecule has 6 nitrogen and oxygen atoms in total. The zero-order valence-electron chi connectivity index (χ0n) is 22.3. The lowest BCUT2D eigenvalue weighted by molar-refractivity contribution is -0.0487. The van der Waals surface area contributed by atoms with Crippen molar-refractivity contribution in [3.8, 4) is 23.0 Å². The van der Waals surface area contributed by atoms with E-state index in [-0.39, 0.29) is 12.7 Å². The van der Waals surface area contributed by atoms with Gasteiger partial charge in [0, 0.05) is 32.1 Å². The van der Waals surface area contributed by atoms with Gasteiger partial charge in [0.05, 0.1) is 0 Å². The highest BCUT2D eigenvalue weighted by atomic mass is 16.7. The van der Waals surface area contributed by atoms with E-state index < -0.39 is 0 Å². The monoisotopic (exact) mass is 490 g/mol. The van der Waals surface area contributed by atoms with E-state index in [0.29, 0.717) is 0 Å². The van der Waals surface area contributed by atoms with Gasteiger partial charge in [0.2, 0.25) is 6.79 Å². The summed E-state index contributed by atoms with van der Waals surface area (Å²) in [6, 6.07) is 18.9. The van der Waals surface area contributed by atoms with Crippen molar-refractivity contribution in [3.05, 3.63) is 82.4 Å². The fourth-order valence-corrected chi connectivity index (χ4v) is 4.60. The number of hydrogen-bond acceptors (Lipinski definition) is 6. The summed E-state index contributed by atoms with van der Waals surface area (Å²) in [6.07, 6.45) is 0. The van der Waals surface area contributed by atoms with Crippen molar-refractivity contribution in [2.45, 2.75) is 47.5 Å². The van der Waals surface area contributed by atoms with Gasteiger partial charge in [-0.2, -0.15) is 0 Å². The number of ether oxygens (including phenoxy) is 2. The van der Waals surface area contributed by atoms with Crippen LogP contribution in [0.3, 0.4) is 0 Å². The van der Waals surface area contributed by atoms with Gasteiger partial charge in [-0.1, -0.05) is 18.2 Å². The normalized spacial score (nSPS) is 12.6. The maximum atomic E-state index is 6.20. The number of benzene rings is 3. The molecule has 0 N–H and O–H groups in total. The molecular weight excluding hydrogens is 452 g/mol. The van der Waals surface area contributed by atoms with E-state index in [4.69, 9.17) is 19.1 Å². The highest BCUT2D eigenvalue weighted by Gasteiger charge is 2.25. The molecule has 192 valence electrons. The first-order valence-corrected chi connectivity index (χ1v) is 12.9. The highest BCUT2D eigenvalue weighted by Crippen LogP contribution is 2.42. The molecule has 0 amide bonds. The minimum atomic E-state index is -0.0417. The molecule has 0 spiro atoms. The Kier molecular flexibility index (Phi) is 8.39. The Labute approximate surface area is 215 Å². The minimum absolute atomic E-state index is 0.0417. The average Bonchev–Trinajstić information content (AvgIpc) is 3.37. The summed E-state index contributed by atoms with van der Waals surface area (Å²) in [5.41, 5.74) is 5.88. The zero-order chi connectivity index (χ0) is 25.7. The second-order valence-electron chi connectivity index (χ2n) is 8.99. The molecule has 0 atom stereocenters. The molecule has 0 saturated heterocycles. The van der Waals surface area contributed by atoms with Gasteiger partial charge in [0.1, 0.15) is 11.5 Å². The largest absolute Gasteiger partial charge is 0.454 e. The molecule has 0 radical (unpaired) electrons. The number of aryl methyl sites for hydroxylation is 2. The first-order chi connectivity index (χ1) is 17.5. The number of nitrogens with zero attached hydrogens (tertiary/aromatic N) is 2. The third kappa shape index (κ3) is 5.61. The summed E-state index contributed by atoms with van der Waals surface area (Å²) < 4.78 is 11.3. The van der Waals surface area contributed by atoms with Crippen molar-refractivity contribution >= 4 is 0 Å². The molecule has 6 heteroatoms. The Morgan fingerprint density at radius 2 is 1.17 bits per heavy atom. The topological polar surface area (TPSA) is 43.4 Å². The Morgan fingerprint density at radius 3 is 1.67 bits per heavy atom. The zero-order valence-corrected chi connectivity index (χ0v) is 22.3. The van der Waals surface area contributed by atoms with Crippen LogP contribution in [0.4, 0.5) is 0 Å². The lowest BCUT2D eigenvalue weighted by atomic mass is 9.81. The van der Waals surface area contributed by atoms with Crippen LogP contribution in [0.25, 0.3) is 0 Å². The second-order valence-corrected chi connectivity index (χ2v) is 8.99. The molecule has 1 aliphatic heterocycles. The predicted molar refractivity (Wildman–Crippen MR) is 143 cm³/mol. The van der Waals surface area contributed by atoms with Gasteiger partial charge < -0.3 is 19.1 Å². The van der Waals surface area contributed by atoms with Gasteiger partial charge in [-0.05, 0) is 106 Å². The van der Waals surface area contributed by atoms with Crippen LogP contribution in [0.1, 0.15) is 61.4 Å². The van der Waals surface area contributed by atoms with E-state index in [0.717, 1.165) is 54.7 Å². The highest BCUT2D eigenvalue weighted by molar-refractivity contribution is 5.55. The molecule has 3 aromatic rings. The molecular formula is C30H38N2O4. The van der Waals surface area contributed by atoms with Crippen LogP contribution < -0.4 is 19.1 Å². The summed E-state index contributed by atoms with van der Waals surface area (Å²) >= 11 is 0. The molecule has 36 heavy (non-hydrogen) atoms. The molecule has 4 rings (SSSR count). The van der Waals surface area contributed by atoms with E-state index in [9.17, 15) is 0 Å². The first-order valence-electron chi connectivity index (χ1n) is 12.9. The van der Waals surface area contributed by atoms with Crippen LogP contribution in [-0.4, -0.2) is 43.1 Å². The average molecular weight is 491 g/mol. The van der Waals surface area contributed by atoms with E-state index in [1.54, 1.807) is 0 Å². The lowest BCUT2D eigenvalue weighted by Gasteiger charge is -2.26. The Balaban J connectivity index is 1.84. The molecule has 0 unspecified atom stereocenters. The maximum absolute atomic E-state index is 6.20. The molecule has 0 aliphatic carbocycles. The molecule has 3 aromatic carbocycles. The van der Waals surface area contributed by atoms with E-state index >= 15 is 0 Å². The maximum Gasteiger partial charge on any atom is 0.231 e. The SMILES string of the molecule is CCN(CC)Oc1ccc(C)c(C(c2ccc3c(c2)OCO3)c2cc(ON(CC)CC)ccc2C)c1. The number of hydroxylamine groups is 4. The van der Waals surface area contributed by atoms with Crippen LogP contribution in [0, 0.1) is 13.8 Å². The summed E-state index contributed by atoms with van der Waals surface area (Å²) in [4.78, 5) is 12.4. The Hall–Kier alpha value is -3.22. The fraction of sp³-hybridized carbons (Fsp3) is 0.400. The second kappa shape index (κ2) is 11.7. The standard InChI is InChI=1S/C30H38N2O4/c1-7-31(8-2)35-24-14-11-21(5)26(18-24)30(23-13-16-28-29(17-23)34-20-33-28)27-19-25(15-12-22(27)6)36-32(9-3)10-4/h11-19,30H,7-10,20H2,1-6H3. The van der Waals surface area contributed by atoms with Crippen molar-refractivity contribution in [2.24, 2.45) is 0 Å². The van der Waals surface area contributed by atoms with Crippen molar-refractivity contribution in [2.75, 3.05) is 33.0 Å². The van der Waals surface area contributed by atoms with E-state index in [2.05, 4.69) is 77.9 Å². The molecule has 0 fully saturated rings. The van der Waals surface area contributed by atoms with Crippen molar-refractivity contribution < 1.29 is 19.1 Å². The number of fused-ring (bicyclic) bond motifs is 1. The summed E-state index contributed by atoms with van der Waals surface area (Å²) in [7, 11) is 0. The molecule has 0 saturated carbocycles. The van der Waals surface area contributed by atoms with Gasteiger partial charge in [0.15, 0.2) is 11.5 Å². The lowest BCUT2D eigenvalue weighted by Crippen LogP contribution is -2.27. The Bertz CT molecular complexity index is 1110. The quantitative estimate of drug-likeness (QED) is 0.226. The molecule has 0 aromatic heterocycles. The van der Waals surface area contributed by atoms with Gasteiger partial charge in [-0.3, -0.25) is 0 Å². The van der Waals surface area contributed by atoms with Crippen molar-refractivity contribution in [3.63, 3.8) is 0 Å². The molecule has 1 aliphatic rings. The summed E-state index contributed by atoms with van der Waals surface area (Å²) in [5.74, 6) is 3.18. The third-order valence-electron chi connectivity index (χ3n) is 6.73. The smallest absolute Gasteiger partial charge is 0.231 e. The van der Waals surface area contributed by atoms with E-state index in [1.807, 2.05) is 28.3 Å². The van der Waals surface area contributed by atoms with Crippen molar-refractivity contribution in [1.82, 2.24) is 10.1 Å². The number of rotatable bonds is 11. The number of hydrogen-bond donors (Lipinski definition) is 0. The van der Waals surface area contributed by atoms with Gasteiger partial charge in [-0.15, -0.1) is 10.1 Å². The first kappa shape index (κ1) is 25.9. The fourth-order valence-electron chi connectivity index (χ4n) is 4.60. The minimum Gasteiger partial charge on any atom is -0.454 e. The van der Waals surface area contributed by atoms with Crippen LogP contribution in [0.5, 0.6) is 23.0 Å².